The van der Waals surface area contributed by atoms with Crippen molar-refractivity contribution in [1.82, 2.24) is 5.32 Å². The monoisotopic (exact) mass is 255 g/mol. The van der Waals surface area contributed by atoms with Crippen molar-refractivity contribution in [3.63, 3.8) is 0 Å². The van der Waals surface area contributed by atoms with Gasteiger partial charge in [-0.05, 0) is 32.4 Å². The summed E-state index contributed by atoms with van der Waals surface area (Å²) in [4.78, 5) is 0. The van der Waals surface area contributed by atoms with Crippen LogP contribution in [0.4, 0.5) is 4.39 Å². The molecule has 0 saturated carbocycles. The number of rotatable bonds is 8. The lowest BCUT2D eigenvalue weighted by Crippen LogP contribution is -2.20. The summed E-state index contributed by atoms with van der Waals surface area (Å²) in [7, 11) is 0. The molecule has 1 atom stereocenters. The average Bonchev–Trinajstić information content (AvgIpc) is 2.33. The van der Waals surface area contributed by atoms with Crippen molar-refractivity contribution in [2.45, 2.75) is 38.6 Å². The molecular formula is C14H22FNO2. The number of aliphatic hydroxyl groups excluding tert-OH is 1. The first kappa shape index (κ1) is 14.9. The predicted molar refractivity (Wildman–Crippen MR) is 70.0 cm³/mol. The summed E-state index contributed by atoms with van der Waals surface area (Å²) in [5.41, 5.74) is 0.572. The first-order valence-corrected chi connectivity index (χ1v) is 6.48. The van der Waals surface area contributed by atoms with Crippen LogP contribution in [0.3, 0.4) is 0 Å². The number of phenolic OH excluding ortho intramolecular Hbond substituents is 1. The Balaban J connectivity index is 2.29. The molecule has 3 N–H and O–H groups in total. The van der Waals surface area contributed by atoms with Gasteiger partial charge in [-0.25, -0.2) is 4.39 Å². The van der Waals surface area contributed by atoms with Crippen LogP contribution in [0.2, 0.25) is 0 Å². The van der Waals surface area contributed by atoms with E-state index >= 15 is 0 Å². The van der Waals surface area contributed by atoms with Crippen LogP contribution >= 0.6 is 0 Å². The van der Waals surface area contributed by atoms with Gasteiger partial charge in [0.2, 0.25) is 0 Å². The molecule has 0 heterocycles. The molecule has 0 bridgehead atoms. The molecule has 102 valence electrons. The first-order chi connectivity index (χ1) is 8.65. The molecule has 3 nitrogen and oxygen atoms in total. The lowest BCUT2D eigenvalue weighted by Gasteiger charge is -2.15. The van der Waals surface area contributed by atoms with Crippen LogP contribution in [-0.2, 0) is 0 Å². The molecule has 1 aromatic rings. The fraction of sp³-hybridized carbons (Fsp3) is 0.571. The molecule has 0 aliphatic rings. The molecule has 0 fully saturated rings. The SMILES string of the molecule is CC(NCCCCCCO)c1ccc(O)cc1F. The second kappa shape index (κ2) is 8.06. The van der Waals surface area contributed by atoms with Gasteiger partial charge in [-0.1, -0.05) is 18.9 Å². The molecule has 1 unspecified atom stereocenters. The van der Waals surface area contributed by atoms with Gasteiger partial charge in [-0.15, -0.1) is 0 Å². The van der Waals surface area contributed by atoms with Crippen LogP contribution in [0.25, 0.3) is 0 Å². The van der Waals surface area contributed by atoms with Crippen molar-refractivity contribution in [2.24, 2.45) is 0 Å². The maximum atomic E-state index is 13.5. The summed E-state index contributed by atoms with van der Waals surface area (Å²) in [5.74, 6) is -0.428. The summed E-state index contributed by atoms with van der Waals surface area (Å²) in [5, 5.41) is 21.0. The number of phenols is 1. The van der Waals surface area contributed by atoms with Crippen LogP contribution < -0.4 is 5.32 Å². The molecule has 0 aliphatic carbocycles. The van der Waals surface area contributed by atoms with Crippen molar-refractivity contribution >= 4 is 0 Å². The number of unbranched alkanes of at least 4 members (excludes halogenated alkanes) is 3. The summed E-state index contributed by atoms with van der Waals surface area (Å²) in [6.45, 7) is 2.98. The lowest BCUT2D eigenvalue weighted by atomic mass is 10.1. The van der Waals surface area contributed by atoms with Crippen molar-refractivity contribution < 1.29 is 14.6 Å². The predicted octanol–water partition coefficient (Wildman–Crippen LogP) is 2.73. The Morgan fingerprint density at radius 3 is 2.61 bits per heavy atom. The minimum Gasteiger partial charge on any atom is -0.508 e. The van der Waals surface area contributed by atoms with Gasteiger partial charge in [0.15, 0.2) is 0 Å². The standard InChI is InChI=1S/C14H22FNO2/c1-11(16-8-4-2-3-5-9-17)13-7-6-12(18)10-14(13)15/h6-7,10-11,16-18H,2-5,8-9H2,1H3. The van der Waals surface area contributed by atoms with Gasteiger partial charge in [0, 0.05) is 24.3 Å². The third kappa shape index (κ3) is 5.02. The zero-order valence-corrected chi connectivity index (χ0v) is 10.8. The highest BCUT2D eigenvalue weighted by Gasteiger charge is 2.10. The summed E-state index contributed by atoms with van der Waals surface area (Å²) in [6.07, 6.45) is 3.96. The normalized spacial score (nSPS) is 12.6. The van der Waals surface area contributed by atoms with Crippen molar-refractivity contribution in [2.75, 3.05) is 13.2 Å². The summed E-state index contributed by atoms with van der Waals surface area (Å²) < 4.78 is 13.5. The molecule has 0 radical (unpaired) electrons. The molecule has 1 aromatic carbocycles. The van der Waals surface area contributed by atoms with E-state index in [1.807, 2.05) is 6.92 Å². The highest BCUT2D eigenvalue weighted by atomic mass is 19.1. The topological polar surface area (TPSA) is 52.5 Å². The molecule has 0 spiro atoms. The first-order valence-electron chi connectivity index (χ1n) is 6.48. The zero-order chi connectivity index (χ0) is 13.4. The fourth-order valence-corrected chi connectivity index (χ4v) is 1.89. The van der Waals surface area contributed by atoms with E-state index in [-0.39, 0.29) is 24.2 Å². The molecule has 18 heavy (non-hydrogen) atoms. The number of halogens is 1. The van der Waals surface area contributed by atoms with E-state index in [4.69, 9.17) is 10.2 Å². The van der Waals surface area contributed by atoms with E-state index in [1.54, 1.807) is 6.07 Å². The Bertz CT molecular complexity index is 358. The largest absolute Gasteiger partial charge is 0.508 e. The summed E-state index contributed by atoms with van der Waals surface area (Å²) in [6, 6.07) is 4.17. The van der Waals surface area contributed by atoms with Crippen molar-refractivity contribution in [1.29, 1.82) is 0 Å². The van der Waals surface area contributed by atoms with Gasteiger partial charge >= 0.3 is 0 Å². The van der Waals surface area contributed by atoms with E-state index < -0.39 is 0 Å². The van der Waals surface area contributed by atoms with E-state index in [9.17, 15) is 4.39 Å². The molecule has 4 heteroatoms. The fourth-order valence-electron chi connectivity index (χ4n) is 1.89. The maximum Gasteiger partial charge on any atom is 0.131 e. The Morgan fingerprint density at radius 1 is 1.22 bits per heavy atom. The van der Waals surface area contributed by atoms with Crippen LogP contribution in [0.15, 0.2) is 18.2 Å². The second-order valence-corrected chi connectivity index (χ2v) is 4.52. The Morgan fingerprint density at radius 2 is 1.94 bits per heavy atom. The molecule has 0 saturated heterocycles. The van der Waals surface area contributed by atoms with Gasteiger partial charge < -0.3 is 15.5 Å². The quantitative estimate of drug-likeness (QED) is 0.626. The molecular weight excluding hydrogens is 233 g/mol. The van der Waals surface area contributed by atoms with Crippen LogP contribution in [0.1, 0.15) is 44.2 Å². The van der Waals surface area contributed by atoms with E-state index in [0.29, 0.717) is 5.56 Å². The van der Waals surface area contributed by atoms with Crippen LogP contribution in [-0.4, -0.2) is 23.4 Å². The molecule has 0 amide bonds. The highest BCUT2D eigenvalue weighted by molar-refractivity contribution is 5.29. The summed E-state index contributed by atoms with van der Waals surface area (Å²) >= 11 is 0. The van der Waals surface area contributed by atoms with Crippen LogP contribution in [0.5, 0.6) is 5.75 Å². The van der Waals surface area contributed by atoms with E-state index in [2.05, 4.69) is 5.32 Å². The molecule has 0 aliphatic heterocycles. The highest BCUT2D eigenvalue weighted by Crippen LogP contribution is 2.20. The average molecular weight is 255 g/mol. The van der Waals surface area contributed by atoms with Crippen LogP contribution in [0, 0.1) is 5.82 Å². The van der Waals surface area contributed by atoms with Gasteiger partial charge in [0.25, 0.3) is 0 Å². The maximum absolute atomic E-state index is 13.5. The van der Waals surface area contributed by atoms with E-state index in [0.717, 1.165) is 38.3 Å². The van der Waals surface area contributed by atoms with Gasteiger partial charge in [-0.2, -0.15) is 0 Å². The van der Waals surface area contributed by atoms with Gasteiger partial charge in [0.05, 0.1) is 0 Å². The van der Waals surface area contributed by atoms with Gasteiger partial charge in [-0.3, -0.25) is 0 Å². The third-order valence-electron chi connectivity index (χ3n) is 2.99. The third-order valence-corrected chi connectivity index (χ3v) is 2.99. The molecule has 0 aromatic heterocycles. The Hall–Kier alpha value is -1.13. The second-order valence-electron chi connectivity index (χ2n) is 4.52. The smallest absolute Gasteiger partial charge is 0.131 e. The Labute approximate surface area is 108 Å². The number of aromatic hydroxyl groups is 1. The molecule has 1 rings (SSSR count). The Kier molecular flexibility index (Phi) is 6.68. The van der Waals surface area contributed by atoms with Crippen molar-refractivity contribution in [3.8, 4) is 5.75 Å². The number of nitrogens with one attached hydrogen (secondary N) is 1. The lowest BCUT2D eigenvalue weighted by molar-refractivity contribution is 0.282. The van der Waals surface area contributed by atoms with Crippen molar-refractivity contribution in [3.05, 3.63) is 29.6 Å². The van der Waals surface area contributed by atoms with Gasteiger partial charge in [0.1, 0.15) is 11.6 Å². The zero-order valence-electron chi connectivity index (χ0n) is 10.8. The number of hydrogen-bond acceptors (Lipinski definition) is 3. The minimum absolute atomic E-state index is 0.0487. The minimum atomic E-state index is -0.379. The van der Waals surface area contributed by atoms with E-state index in [1.165, 1.54) is 6.07 Å². The number of hydrogen-bond donors (Lipinski definition) is 3. The number of aliphatic hydroxyl groups is 1. The number of benzene rings is 1.